The minimum absolute atomic E-state index is 0.210. The molecule has 0 aromatic rings. The Morgan fingerprint density at radius 2 is 0.979 bits per heavy atom. The van der Waals surface area contributed by atoms with Crippen LogP contribution in [0.25, 0.3) is 0 Å². The first-order valence-corrected chi connectivity index (χ1v) is 21.1. The van der Waals surface area contributed by atoms with E-state index in [4.69, 9.17) is 19.3 Å². The van der Waals surface area contributed by atoms with Crippen LogP contribution in [0.1, 0.15) is 193 Å². The molecule has 8 nitrogen and oxygen atoms in total. The van der Waals surface area contributed by atoms with Gasteiger partial charge in [0.1, 0.15) is 6.61 Å². The van der Waals surface area contributed by atoms with E-state index in [0.29, 0.717) is 12.8 Å². The van der Waals surface area contributed by atoms with E-state index in [9.17, 15) is 14.2 Å². The summed E-state index contributed by atoms with van der Waals surface area (Å²) >= 11 is 0. The third-order valence-electron chi connectivity index (χ3n) is 8.59. The van der Waals surface area contributed by atoms with Gasteiger partial charge in [-0.3, -0.25) is 14.1 Å². The van der Waals surface area contributed by atoms with Crippen molar-refractivity contribution in [2.24, 2.45) is 0 Å². The highest BCUT2D eigenvalue weighted by molar-refractivity contribution is 7.46. The highest BCUT2D eigenvalue weighted by Gasteiger charge is 2.22. The monoisotopic (exact) mass is 701 g/mol. The summed E-state index contributed by atoms with van der Waals surface area (Å²) in [5.74, 6) is -0.892. The lowest BCUT2D eigenvalue weighted by Crippen LogP contribution is -2.29. The predicted octanol–water partition coefficient (Wildman–Crippen LogP) is 11.6. The number of esters is 2. The molecule has 0 spiro atoms. The number of rotatable bonds is 37. The Bertz CT molecular complexity index is 825. The van der Waals surface area contributed by atoms with Gasteiger partial charge >= 0.3 is 19.8 Å². The summed E-state index contributed by atoms with van der Waals surface area (Å²) in [6, 6.07) is 0. The van der Waals surface area contributed by atoms with Crippen molar-refractivity contribution < 1.29 is 37.9 Å². The molecule has 0 aliphatic carbocycles. The summed E-state index contributed by atoms with van der Waals surface area (Å²) in [6.45, 7) is 5.19. The highest BCUT2D eigenvalue weighted by atomic mass is 31.2. The van der Waals surface area contributed by atoms with Crippen LogP contribution in [0.2, 0.25) is 0 Å². The number of hydrogen-bond donors (Lipinski definition) is 2. The van der Waals surface area contributed by atoms with Crippen LogP contribution in [0, 0.1) is 0 Å². The van der Waals surface area contributed by atoms with Crippen LogP contribution in [0.15, 0.2) is 24.8 Å². The highest BCUT2D eigenvalue weighted by Crippen LogP contribution is 2.36. The third kappa shape index (κ3) is 37.4. The van der Waals surface area contributed by atoms with Crippen LogP contribution in [-0.4, -0.2) is 41.0 Å². The summed E-state index contributed by atoms with van der Waals surface area (Å²) in [5.41, 5.74) is 0. The second kappa shape index (κ2) is 35.4. The van der Waals surface area contributed by atoms with Crippen molar-refractivity contribution in [3.8, 4) is 0 Å². The zero-order valence-electron chi connectivity index (χ0n) is 30.7. The van der Waals surface area contributed by atoms with E-state index in [0.717, 1.165) is 57.8 Å². The molecule has 1 atom stereocenters. The fourth-order valence-electron chi connectivity index (χ4n) is 5.64. The molecular weight excluding hydrogens is 627 g/mol. The summed E-state index contributed by atoms with van der Waals surface area (Å²) in [5, 5.41) is 0. The van der Waals surface area contributed by atoms with Gasteiger partial charge in [-0.2, -0.15) is 0 Å². The lowest BCUT2D eigenvalue weighted by Gasteiger charge is -2.18. The molecule has 0 saturated heterocycles. The molecule has 0 bridgehead atoms. The first kappa shape index (κ1) is 46.5. The van der Waals surface area contributed by atoms with Crippen molar-refractivity contribution in [3.05, 3.63) is 24.8 Å². The van der Waals surface area contributed by atoms with Gasteiger partial charge in [-0.25, -0.2) is 4.57 Å². The number of allylic oxidation sites excluding steroid dienone is 3. The first-order chi connectivity index (χ1) is 23.3. The Morgan fingerprint density at radius 3 is 1.42 bits per heavy atom. The van der Waals surface area contributed by atoms with Crippen LogP contribution in [0.4, 0.5) is 0 Å². The molecule has 0 aromatic heterocycles. The summed E-state index contributed by atoms with van der Waals surface area (Å²) in [4.78, 5) is 42.7. The van der Waals surface area contributed by atoms with Crippen molar-refractivity contribution in [1.29, 1.82) is 0 Å². The largest absolute Gasteiger partial charge is 0.469 e. The van der Waals surface area contributed by atoms with Crippen LogP contribution >= 0.6 is 7.82 Å². The van der Waals surface area contributed by atoms with Crippen molar-refractivity contribution in [1.82, 2.24) is 0 Å². The molecule has 0 unspecified atom stereocenters. The van der Waals surface area contributed by atoms with Crippen molar-refractivity contribution in [2.75, 3.05) is 13.2 Å². The van der Waals surface area contributed by atoms with Gasteiger partial charge < -0.3 is 19.3 Å². The van der Waals surface area contributed by atoms with E-state index in [1.165, 1.54) is 103 Å². The van der Waals surface area contributed by atoms with E-state index in [-0.39, 0.29) is 19.4 Å². The minimum Gasteiger partial charge on any atom is -0.462 e. The maximum atomic E-state index is 12.4. The lowest BCUT2D eigenvalue weighted by molar-refractivity contribution is -0.161. The molecule has 2 N–H and O–H groups in total. The Labute approximate surface area is 294 Å². The van der Waals surface area contributed by atoms with Crippen LogP contribution in [0.3, 0.4) is 0 Å². The van der Waals surface area contributed by atoms with Crippen molar-refractivity contribution in [3.63, 3.8) is 0 Å². The van der Waals surface area contributed by atoms with Gasteiger partial charge in [-0.15, -0.1) is 6.58 Å². The molecule has 48 heavy (non-hydrogen) atoms. The number of phosphoric ester groups is 1. The average molecular weight is 701 g/mol. The second-order valence-electron chi connectivity index (χ2n) is 13.3. The fraction of sp³-hybridized carbons (Fsp3) is 0.846. The normalized spacial score (nSPS) is 12.4. The molecule has 0 aromatic carbocycles. The number of ether oxygens (including phenoxy) is 2. The Morgan fingerprint density at radius 1 is 0.583 bits per heavy atom. The Hall–Kier alpha value is -1.47. The van der Waals surface area contributed by atoms with Crippen LogP contribution in [-0.2, 0) is 28.2 Å². The Kier molecular flexibility index (Phi) is 34.3. The molecule has 0 amide bonds. The van der Waals surface area contributed by atoms with Gasteiger partial charge in [0.15, 0.2) is 6.10 Å². The zero-order chi connectivity index (χ0) is 35.4. The number of hydrogen-bond acceptors (Lipinski definition) is 6. The van der Waals surface area contributed by atoms with Crippen molar-refractivity contribution in [2.45, 2.75) is 199 Å². The maximum absolute atomic E-state index is 12.4. The van der Waals surface area contributed by atoms with Gasteiger partial charge in [-0.1, -0.05) is 147 Å². The molecule has 0 saturated carbocycles. The van der Waals surface area contributed by atoms with Gasteiger partial charge in [-0.05, 0) is 51.4 Å². The molecule has 0 radical (unpaired) electrons. The van der Waals surface area contributed by atoms with Gasteiger partial charge in [0.25, 0.3) is 0 Å². The molecule has 9 heteroatoms. The third-order valence-corrected chi connectivity index (χ3v) is 9.07. The summed E-state index contributed by atoms with van der Waals surface area (Å²) in [7, 11) is -4.75. The van der Waals surface area contributed by atoms with E-state index < -0.39 is 32.5 Å². The number of unbranched alkanes of at least 4 members (excludes halogenated alkanes) is 24. The molecule has 0 heterocycles. The average Bonchev–Trinajstić information content (AvgIpc) is 3.05. The summed E-state index contributed by atoms with van der Waals surface area (Å²) in [6.07, 6.45) is 37.9. The van der Waals surface area contributed by atoms with Gasteiger partial charge in [0.05, 0.1) is 6.61 Å². The lowest BCUT2D eigenvalue weighted by atomic mass is 10.0. The second-order valence-corrected chi connectivity index (χ2v) is 14.6. The quantitative estimate of drug-likeness (QED) is 0.0284. The minimum atomic E-state index is -4.75. The standard InChI is InChI=1S/C39H73O8P/c1-3-5-7-9-11-13-15-17-19-21-23-25-27-29-31-33-38(40)45-35-37(36-46-48(42,43)44)47-39(41)34-32-30-28-26-24-22-20-18-16-14-12-10-8-6-4-2/h4,17,19,37H,2-3,5-16,18,20-36H2,1H3,(H2,42,43,44)/b19-17+/t37-/m1/s1. The molecular formula is C39H73O8P. The van der Waals surface area contributed by atoms with E-state index in [2.05, 4.69) is 30.2 Å². The smallest absolute Gasteiger partial charge is 0.462 e. The molecule has 0 aliphatic heterocycles. The number of carbonyl (C=O) groups is 2. The topological polar surface area (TPSA) is 119 Å². The van der Waals surface area contributed by atoms with E-state index in [1.54, 1.807) is 0 Å². The van der Waals surface area contributed by atoms with E-state index >= 15 is 0 Å². The van der Waals surface area contributed by atoms with Gasteiger partial charge in [0, 0.05) is 12.8 Å². The summed E-state index contributed by atoms with van der Waals surface area (Å²) < 4.78 is 26.3. The zero-order valence-corrected chi connectivity index (χ0v) is 31.6. The predicted molar refractivity (Wildman–Crippen MR) is 198 cm³/mol. The first-order valence-electron chi connectivity index (χ1n) is 19.6. The van der Waals surface area contributed by atoms with Gasteiger partial charge in [0.2, 0.25) is 0 Å². The SMILES string of the molecule is C=CCCCCCCCCCCCCCCCC(=O)O[C@H](COC(=O)CCCCCCC/C=C/CCCCCCCC)COP(=O)(O)O. The molecule has 282 valence electrons. The number of carbonyl (C=O) groups excluding carboxylic acids is 2. The Balaban J connectivity index is 3.93. The number of phosphoric acid groups is 1. The van der Waals surface area contributed by atoms with Crippen LogP contribution in [0.5, 0.6) is 0 Å². The van der Waals surface area contributed by atoms with Crippen molar-refractivity contribution >= 4 is 19.8 Å². The van der Waals surface area contributed by atoms with Crippen LogP contribution < -0.4 is 0 Å². The fourth-order valence-corrected chi connectivity index (χ4v) is 6.00. The van der Waals surface area contributed by atoms with E-state index in [1.807, 2.05) is 6.08 Å². The molecule has 0 aliphatic rings. The molecule has 0 fully saturated rings. The molecule has 0 rings (SSSR count). The maximum Gasteiger partial charge on any atom is 0.469 e.